The van der Waals surface area contributed by atoms with Crippen molar-refractivity contribution in [2.24, 2.45) is 5.92 Å². The average molecular weight is 616 g/mol. The molecule has 3 aromatic carbocycles. The van der Waals surface area contributed by atoms with E-state index in [1.54, 1.807) is 12.1 Å². The highest BCUT2D eigenvalue weighted by Crippen LogP contribution is 2.37. The number of methoxy groups -OCH3 is 3. The van der Waals surface area contributed by atoms with Gasteiger partial charge in [0, 0.05) is 29.9 Å². The van der Waals surface area contributed by atoms with Gasteiger partial charge in [0.15, 0.2) is 11.5 Å². The third kappa shape index (κ3) is 7.04. The summed E-state index contributed by atoms with van der Waals surface area (Å²) in [7, 11) is 0.0123. The van der Waals surface area contributed by atoms with E-state index in [0.717, 1.165) is 28.6 Å². The summed E-state index contributed by atoms with van der Waals surface area (Å²) in [4.78, 5) is 15.7. The van der Waals surface area contributed by atoms with Gasteiger partial charge in [-0.05, 0) is 73.7 Å². The van der Waals surface area contributed by atoms with E-state index >= 15 is 0 Å². The minimum absolute atomic E-state index is 0.0920. The number of benzene rings is 3. The molecule has 2 unspecified atom stereocenters. The third-order valence-electron chi connectivity index (χ3n) is 7.43. The lowest BCUT2D eigenvalue weighted by atomic mass is 9.99. The van der Waals surface area contributed by atoms with Crippen LogP contribution >= 0.6 is 11.6 Å². The highest BCUT2D eigenvalue weighted by atomic mass is 35.5. The van der Waals surface area contributed by atoms with Crippen LogP contribution in [0, 0.1) is 5.92 Å². The zero-order chi connectivity index (χ0) is 30.4. The Kier molecular flexibility index (Phi) is 10.1. The first-order chi connectivity index (χ1) is 20.1. The molecule has 1 heterocycles. The fourth-order valence-electron chi connectivity index (χ4n) is 5.16. The van der Waals surface area contributed by atoms with Crippen LogP contribution in [0.4, 0.5) is 11.4 Å². The molecule has 1 fully saturated rings. The van der Waals surface area contributed by atoms with Crippen molar-refractivity contribution in [3.05, 3.63) is 71.2 Å². The van der Waals surface area contributed by atoms with Crippen molar-refractivity contribution < 1.29 is 27.4 Å². The first-order valence-electron chi connectivity index (χ1n) is 13.8. The zero-order valence-electron chi connectivity index (χ0n) is 24.6. The topological polar surface area (TPSA) is 97.4 Å². The highest BCUT2D eigenvalue weighted by Gasteiger charge is 2.31. The Labute approximate surface area is 253 Å². The van der Waals surface area contributed by atoms with Crippen LogP contribution in [0.3, 0.4) is 0 Å². The number of ether oxygens (including phenoxy) is 3. The number of amides is 1. The molecule has 1 amide bonds. The maximum absolute atomic E-state index is 14.0. The Morgan fingerprint density at radius 2 is 1.67 bits per heavy atom. The predicted molar refractivity (Wildman–Crippen MR) is 166 cm³/mol. The van der Waals surface area contributed by atoms with Crippen molar-refractivity contribution >= 4 is 38.9 Å². The molecule has 0 saturated carbocycles. The van der Waals surface area contributed by atoms with Gasteiger partial charge in [0.05, 0.1) is 38.0 Å². The average Bonchev–Trinajstić information content (AvgIpc) is 2.99. The summed E-state index contributed by atoms with van der Waals surface area (Å²) in [5.74, 6) is 1.01. The first-order valence-corrected chi connectivity index (χ1v) is 15.6. The monoisotopic (exact) mass is 615 g/mol. The van der Waals surface area contributed by atoms with Crippen LogP contribution in [0.2, 0.25) is 5.02 Å². The number of carbonyl (C=O) groups is 1. The number of nitrogens with one attached hydrogen (secondary N) is 1. The lowest BCUT2D eigenvalue weighted by Gasteiger charge is -2.33. The van der Waals surface area contributed by atoms with E-state index in [-0.39, 0.29) is 33.1 Å². The minimum Gasteiger partial charge on any atom is -0.495 e. The van der Waals surface area contributed by atoms with E-state index in [4.69, 9.17) is 25.8 Å². The van der Waals surface area contributed by atoms with Crippen LogP contribution < -0.4 is 28.7 Å². The fourth-order valence-corrected chi connectivity index (χ4v) is 6.77. The van der Waals surface area contributed by atoms with E-state index < -0.39 is 22.5 Å². The van der Waals surface area contributed by atoms with Gasteiger partial charge in [0.2, 0.25) is 5.91 Å². The van der Waals surface area contributed by atoms with Gasteiger partial charge >= 0.3 is 0 Å². The number of anilines is 2. The quantitative estimate of drug-likeness (QED) is 0.297. The molecule has 11 heteroatoms. The number of hydrogen-bond acceptors (Lipinski definition) is 7. The summed E-state index contributed by atoms with van der Waals surface area (Å²) in [5, 5.41) is 3.23. The molecule has 0 bridgehead atoms. The van der Waals surface area contributed by atoms with Gasteiger partial charge in [-0.25, -0.2) is 8.42 Å². The SMILES string of the molecule is COc1ccc(S(=O)(=O)N(CC(=O)NC(C)c2ccc(N3CCCC(C)C3)cc2)c2cc(Cl)ccc2OC)cc1OC. The van der Waals surface area contributed by atoms with Crippen LogP contribution in [0.5, 0.6) is 17.2 Å². The molecular weight excluding hydrogens is 578 g/mol. The van der Waals surface area contributed by atoms with Crippen molar-refractivity contribution in [1.29, 1.82) is 0 Å². The predicted octanol–water partition coefficient (Wildman–Crippen LogP) is 5.67. The van der Waals surface area contributed by atoms with Gasteiger partial charge in [0.25, 0.3) is 10.0 Å². The second-order valence-electron chi connectivity index (χ2n) is 10.4. The Morgan fingerprint density at radius 3 is 2.31 bits per heavy atom. The second-order valence-corrected chi connectivity index (χ2v) is 12.7. The van der Waals surface area contributed by atoms with E-state index in [2.05, 4.69) is 29.3 Å². The largest absolute Gasteiger partial charge is 0.495 e. The number of halogens is 1. The molecule has 1 aliphatic heterocycles. The molecule has 226 valence electrons. The molecular formula is C31H38ClN3O6S. The lowest BCUT2D eigenvalue weighted by molar-refractivity contribution is -0.120. The normalized spacial score (nSPS) is 16.0. The standard InChI is InChI=1S/C31H38ClN3O6S/c1-21-7-6-16-34(19-21)25-11-8-23(9-12-25)22(2)33-31(36)20-35(27-17-24(32)10-14-28(27)39-3)42(37,38)26-13-15-29(40-4)30(18-26)41-5/h8-15,17-18,21-22H,6-7,16,19-20H2,1-5H3,(H,33,36). The fraction of sp³-hybridized carbons (Fsp3) is 0.387. The number of carbonyl (C=O) groups excluding carboxylic acids is 1. The van der Waals surface area contributed by atoms with Gasteiger partial charge in [-0.2, -0.15) is 0 Å². The van der Waals surface area contributed by atoms with Crippen LogP contribution in [-0.2, 0) is 14.8 Å². The summed E-state index contributed by atoms with van der Waals surface area (Å²) in [6.45, 7) is 5.69. The van der Waals surface area contributed by atoms with Crippen molar-refractivity contribution in [2.45, 2.75) is 37.6 Å². The Morgan fingerprint density at radius 1 is 1.00 bits per heavy atom. The lowest BCUT2D eigenvalue weighted by Crippen LogP contribution is -2.41. The molecule has 9 nitrogen and oxygen atoms in total. The summed E-state index contributed by atoms with van der Waals surface area (Å²) < 4.78 is 45.1. The Bertz CT molecular complexity index is 1500. The minimum atomic E-state index is -4.29. The van der Waals surface area contributed by atoms with E-state index in [1.807, 2.05) is 19.1 Å². The van der Waals surface area contributed by atoms with Gasteiger partial charge in [0.1, 0.15) is 12.3 Å². The molecule has 1 saturated heterocycles. The number of sulfonamides is 1. The maximum Gasteiger partial charge on any atom is 0.265 e. The summed E-state index contributed by atoms with van der Waals surface area (Å²) in [6, 6.07) is 16.6. The van der Waals surface area contributed by atoms with Crippen molar-refractivity contribution in [1.82, 2.24) is 5.32 Å². The first kappa shape index (κ1) is 31.3. The molecule has 3 aromatic rings. The van der Waals surface area contributed by atoms with Gasteiger partial charge < -0.3 is 24.4 Å². The van der Waals surface area contributed by atoms with Crippen molar-refractivity contribution in [2.75, 3.05) is 50.2 Å². The molecule has 4 rings (SSSR count). The zero-order valence-corrected chi connectivity index (χ0v) is 26.2. The van der Waals surface area contributed by atoms with Gasteiger partial charge in [-0.1, -0.05) is 30.7 Å². The molecule has 0 radical (unpaired) electrons. The molecule has 42 heavy (non-hydrogen) atoms. The number of piperidine rings is 1. The summed E-state index contributed by atoms with van der Waals surface area (Å²) in [6.07, 6.45) is 2.42. The number of nitrogens with zero attached hydrogens (tertiary/aromatic N) is 2. The third-order valence-corrected chi connectivity index (χ3v) is 9.42. The molecule has 1 N–H and O–H groups in total. The summed E-state index contributed by atoms with van der Waals surface area (Å²) >= 11 is 6.26. The molecule has 0 spiro atoms. The molecule has 0 aliphatic carbocycles. The Balaban J connectivity index is 1.60. The van der Waals surface area contributed by atoms with Gasteiger partial charge in [-0.15, -0.1) is 0 Å². The molecule has 1 aliphatic rings. The molecule has 2 atom stereocenters. The number of hydrogen-bond donors (Lipinski definition) is 1. The van der Waals surface area contributed by atoms with E-state index in [1.165, 1.54) is 58.4 Å². The van der Waals surface area contributed by atoms with Crippen molar-refractivity contribution in [3.63, 3.8) is 0 Å². The smallest absolute Gasteiger partial charge is 0.265 e. The van der Waals surface area contributed by atoms with E-state index in [0.29, 0.717) is 11.7 Å². The Hall–Kier alpha value is -3.63. The summed E-state index contributed by atoms with van der Waals surface area (Å²) in [5.41, 5.74) is 2.19. The maximum atomic E-state index is 14.0. The second kappa shape index (κ2) is 13.6. The van der Waals surface area contributed by atoms with Gasteiger partial charge in [-0.3, -0.25) is 9.10 Å². The van der Waals surface area contributed by atoms with E-state index in [9.17, 15) is 13.2 Å². The van der Waals surface area contributed by atoms with Crippen LogP contribution in [0.1, 0.15) is 38.3 Å². The van der Waals surface area contributed by atoms with Crippen LogP contribution in [0.25, 0.3) is 0 Å². The molecule has 0 aromatic heterocycles. The highest BCUT2D eigenvalue weighted by molar-refractivity contribution is 7.92. The number of rotatable bonds is 11. The van der Waals surface area contributed by atoms with Crippen LogP contribution in [0.15, 0.2) is 65.6 Å². The van der Waals surface area contributed by atoms with Crippen molar-refractivity contribution in [3.8, 4) is 17.2 Å². The van der Waals surface area contributed by atoms with Crippen LogP contribution in [-0.4, -0.2) is 55.3 Å².